The SMILES string of the molecule is Cc1cc(C(C)(C)C)c(O)c(C(C)(C)C)c1.[CH2]C(C)O. The number of aryl methyl sites for hydroxylation is 1. The van der Waals surface area contributed by atoms with E-state index in [1.165, 1.54) is 5.56 Å². The van der Waals surface area contributed by atoms with Gasteiger partial charge >= 0.3 is 0 Å². The lowest BCUT2D eigenvalue weighted by atomic mass is 9.78. The second-order valence-electron chi connectivity index (χ2n) is 7.56. The van der Waals surface area contributed by atoms with Crippen LogP contribution in [0.3, 0.4) is 0 Å². The zero-order valence-electron chi connectivity index (χ0n) is 14.3. The molecule has 1 unspecified atom stereocenters. The first kappa shape index (κ1) is 19.0. The zero-order chi connectivity index (χ0) is 16.3. The predicted octanol–water partition coefficient (Wildman–Crippen LogP) is 4.50. The van der Waals surface area contributed by atoms with Gasteiger partial charge in [-0.2, -0.15) is 0 Å². The molecule has 2 nitrogen and oxygen atoms in total. The summed E-state index contributed by atoms with van der Waals surface area (Å²) >= 11 is 0. The van der Waals surface area contributed by atoms with Crippen molar-refractivity contribution in [1.29, 1.82) is 0 Å². The van der Waals surface area contributed by atoms with Gasteiger partial charge in [0.1, 0.15) is 5.75 Å². The minimum Gasteiger partial charge on any atom is -0.507 e. The first-order valence-electron chi connectivity index (χ1n) is 7.12. The van der Waals surface area contributed by atoms with E-state index in [0.29, 0.717) is 5.75 Å². The molecule has 115 valence electrons. The average molecular weight is 279 g/mol. The van der Waals surface area contributed by atoms with Crippen molar-refractivity contribution in [2.45, 2.75) is 72.3 Å². The molecule has 20 heavy (non-hydrogen) atoms. The third kappa shape index (κ3) is 5.96. The molecule has 1 aromatic carbocycles. The fourth-order valence-corrected chi connectivity index (χ4v) is 1.92. The van der Waals surface area contributed by atoms with Crippen LogP contribution in [-0.4, -0.2) is 16.3 Å². The minimum atomic E-state index is -0.417. The maximum Gasteiger partial charge on any atom is 0.123 e. The number of aromatic hydroxyl groups is 1. The lowest BCUT2D eigenvalue weighted by Gasteiger charge is -2.27. The van der Waals surface area contributed by atoms with E-state index in [0.717, 1.165) is 11.1 Å². The topological polar surface area (TPSA) is 40.5 Å². The van der Waals surface area contributed by atoms with Gasteiger partial charge < -0.3 is 10.2 Å². The monoisotopic (exact) mass is 279 g/mol. The Morgan fingerprint density at radius 3 is 1.40 bits per heavy atom. The Kier molecular flexibility index (Phi) is 6.28. The third-order valence-corrected chi connectivity index (χ3v) is 2.87. The molecule has 0 saturated heterocycles. The standard InChI is InChI=1S/C15H24O.C3H7O/c1-10-8-11(14(2,3)4)13(16)12(9-10)15(5,6)7;1-3(2)4/h8-9,16H,1-7H3;3-4H,1H2,2H3. The van der Waals surface area contributed by atoms with Crippen molar-refractivity contribution in [3.8, 4) is 5.75 Å². The highest BCUT2D eigenvalue weighted by Gasteiger charge is 2.25. The molecule has 2 heteroatoms. The van der Waals surface area contributed by atoms with Crippen LogP contribution in [0.15, 0.2) is 12.1 Å². The van der Waals surface area contributed by atoms with Gasteiger partial charge in [-0.1, -0.05) is 59.2 Å². The molecule has 0 heterocycles. The molecular formula is C18H31O2. The molecule has 0 spiro atoms. The summed E-state index contributed by atoms with van der Waals surface area (Å²) in [6.45, 7) is 19.7. The van der Waals surface area contributed by atoms with Gasteiger partial charge in [0.2, 0.25) is 0 Å². The number of hydrogen-bond donors (Lipinski definition) is 2. The molecular weight excluding hydrogens is 248 g/mol. The van der Waals surface area contributed by atoms with Crippen molar-refractivity contribution in [3.05, 3.63) is 35.7 Å². The largest absolute Gasteiger partial charge is 0.507 e. The van der Waals surface area contributed by atoms with E-state index in [1.807, 2.05) is 0 Å². The van der Waals surface area contributed by atoms with Crippen LogP contribution >= 0.6 is 0 Å². The highest BCUT2D eigenvalue weighted by molar-refractivity contribution is 5.49. The van der Waals surface area contributed by atoms with Gasteiger partial charge in [0.05, 0.1) is 6.10 Å². The molecule has 1 aromatic rings. The Morgan fingerprint density at radius 1 is 0.950 bits per heavy atom. The summed E-state index contributed by atoms with van der Waals surface area (Å²) in [7, 11) is 0. The summed E-state index contributed by atoms with van der Waals surface area (Å²) in [5.41, 5.74) is 3.26. The lowest BCUT2D eigenvalue weighted by Crippen LogP contribution is -2.17. The van der Waals surface area contributed by atoms with Crippen LogP contribution in [-0.2, 0) is 10.8 Å². The fourth-order valence-electron chi connectivity index (χ4n) is 1.92. The summed E-state index contributed by atoms with van der Waals surface area (Å²) in [6, 6.07) is 4.18. The van der Waals surface area contributed by atoms with Crippen LogP contribution in [0.2, 0.25) is 0 Å². The van der Waals surface area contributed by atoms with Gasteiger partial charge in [0, 0.05) is 0 Å². The molecule has 1 radical (unpaired) electrons. The summed E-state index contributed by atoms with van der Waals surface area (Å²) in [5.74, 6) is 0.464. The van der Waals surface area contributed by atoms with Crippen molar-refractivity contribution in [2.24, 2.45) is 0 Å². The van der Waals surface area contributed by atoms with Crippen LogP contribution in [0.25, 0.3) is 0 Å². The normalized spacial score (nSPS) is 12.2. The second-order valence-corrected chi connectivity index (χ2v) is 7.56. The van der Waals surface area contributed by atoms with E-state index in [-0.39, 0.29) is 10.8 Å². The van der Waals surface area contributed by atoms with E-state index in [9.17, 15) is 5.11 Å². The van der Waals surface area contributed by atoms with Gasteiger partial charge in [-0.15, -0.1) is 0 Å². The number of phenolic OH excluding ortho intramolecular Hbond substituents is 1. The number of phenols is 1. The van der Waals surface area contributed by atoms with E-state index < -0.39 is 6.10 Å². The van der Waals surface area contributed by atoms with Gasteiger partial charge in [0.25, 0.3) is 0 Å². The summed E-state index contributed by atoms with van der Waals surface area (Å²) < 4.78 is 0. The molecule has 0 fully saturated rings. The molecule has 2 N–H and O–H groups in total. The van der Waals surface area contributed by atoms with Crippen LogP contribution < -0.4 is 0 Å². The first-order chi connectivity index (χ1) is 8.76. The maximum atomic E-state index is 10.4. The number of hydrogen-bond acceptors (Lipinski definition) is 2. The molecule has 1 atom stereocenters. The number of rotatable bonds is 0. The molecule has 0 amide bonds. The van der Waals surface area contributed by atoms with Crippen molar-refractivity contribution in [2.75, 3.05) is 0 Å². The third-order valence-electron chi connectivity index (χ3n) is 2.87. The van der Waals surface area contributed by atoms with Crippen molar-refractivity contribution >= 4 is 0 Å². The van der Waals surface area contributed by atoms with Crippen molar-refractivity contribution < 1.29 is 10.2 Å². The number of aliphatic hydroxyl groups is 1. The maximum absolute atomic E-state index is 10.4. The quantitative estimate of drug-likeness (QED) is 0.734. The molecule has 0 bridgehead atoms. The highest BCUT2D eigenvalue weighted by Crippen LogP contribution is 2.39. The van der Waals surface area contributed by atoms with Crippen molar-refractivity contribution in [1.82, 2.24) is 0 Å². The lowest BCUT2D eigenvalue weighted by molar-refractivity contribution is 0.241. The Labute approximate surface area is 124 Å². The Balaban J connectivity index is 0.000000796. The molecule has 0 aromatic heterocycles. The zero-order valence-corrected chi connectivity index (χ0v) is 14.3. The first-order valence-corrected chi connectivity index (χ1v) is 7.12. The van der Waals surface area contributed by atoms with Crippen molar-refractivity contribution in [3.63, 3.8) is 0 Å². The summed E-state index contributed by atoms with van der Waals surface area (Å²) in [6.07, 6.45) is -0.417. The summed E-state index contributed by atoms with van der Waals surface area (Å²) in [5, 5.41) is 18.3. The van der Waals surface area contributed by atoms with E-state index >= 15 is 0 Å². The highest BCUT2D eigenvalue weighted by atomic mass is 16.3. The molecule has 0 aliphatic carbocycles. The summed E-state index contributed by atoms with van der Waals surface area (Å²) in [4.78, 5) is 0. The molecule has 0 saturated carbocycles. The molecule has 1 rings (SSSR count). The van der Waals surface area contributed by atoms with E-state index in [2.05, 4.69) is 67.5 Å². The van der Waals surface area contributed by atoms with Gasteiger partial charge in [0.15, 0.2) is 0 Å². The predicted molar refractivity (Wildman–Crippen MR) is 87.3 cm³/mol. The smallest absolute Gasteiger partial charge is 0.123 e. The second kappa shape index (κ2) is 6.62. The Bertz CT molecular complexity index is 394. The van der Waals surface area contributed by atoms with Gasteiger partial charge in [-0.3, -0.25) is 0 Å². The van der Waals surface area contributed by atoms with Gasteiger partial charge in [-0.05, 0) is 42.7 Å². The Hall–Kier alpha value is -1.02. The number of benzene rings is 1. The number of aliphatic hydroxyl groups excluding tert-OH is 1. The van der Waals surface area contributed by atoms with Crippen LogP contribution in [0.1, 0.15) is 65.2 Å². The van der Waals surface area contributed by atoms with Gasteiger partial charge in [-0.25, -0.2) is 0 Å². The Morgan fingerprint density at radius 2 is 1.20 bits per heavy atom. The van der Waals surface area contributed by atoms with Crippen LogP contribution in [0.4, 0.5) is 0 Å². The molecule has 0 aliphatic rings. The van der Waals surface area contributed by atoms with Crippen LogP contribution in [0, 0.1) is 13.8 Å². The van der Waals surface area contributed by atoms with E-state index in [1.54, 1.807) is 6.92 Å². The van der Waals surface area contributed by atoms with E-state index in [4.69, 9.17) is 5.11 Å². The minimum absolute atomic E-state index is 0.0178. The average Bonchev–Trinajstić information content (AvgIpc) is 2.16. The fraction of sp³-hybridized carbons (Fsp3) is 0.611. The molecule has 0 aliphatic heterocycles. The van der Waals surface area contributed by atoms with Crippen LogP contribution in [0.5, 0.6) is 5.75 Å².